The Hall–Kier alpha value is -1.71. The number of aromatic amines is 1. The normalized spacial score (nSPS) is 11.5. The zero-order valence-corrected chi connectivity index (χ0v) is 12.9. The van der Waals surface area contributed by atoms with Gasteiger partial charge in [0.1, 0.15) is 22.9 Å². The summed E-state index contributed by atoms with van der Waals surface area (Å²) >= 11 is 5.93. The SMILES string of the molecule is CNc1ncc(S(=O)(=O)NCCCc2ncn[nH]2)cc1Cl. The average molecular weight is 331 g/mol. The van der Waals surface area contributed by atoms with E-state index in [4.69, 9.17) is 11.6 Å². The minimum absolute atomic E-state index is 0.0335. The molecule has 0 unspecified atom stereocenters. The number of sulfonamides is 1. The molecule has 114 valence electrons. The van der Waals surface area contributed by atoms with Crippen LogP contribution in [-0.2, 0) is 16.4 Å². The molecule has 21 heavy (non-hydrogen) atoms. The molecule has 2 aromatic rings. The second kappa shape index (κ2) is 6.83. The van der Waals surface area contributed by atoms with Crippen molar-refractivity contribution >= 4 is 27.4 Å². The number of halogens is 1. The highest BCUT2D eigenvalue weighted by molar-refractivity contribution is 7.89. The zero-order chi connectivity index (χ0) is 15.3. The molecule has 0 radical (unpaired) electrons. The Labute approximate surface area is 127 Å². The van der Waals surface area contributed by atoms with Gasteiger partial charge in [0, 0.05) is 26.2 Å². The second-order valence-corrected chi connectivity index (χ2v) is 6.36. The Bertz CT molecular complexity index is 689. The molecule has 0 spiro atoms. The van der Waals surface area contributed by atoms with Crippen molar-refractivity contribution in [3.8, 4) is 0 Å². The number of H-pyrrole nitrogens is 1. The molecule has 2 rings (SSSR count). The van der Waals surface area contributed by atoms with Crippen LogP contribution in [0, 0.1) is 0 Å². The minimum atomic E-state index is -3.62. The number of hydrogen-bond acceptors (Lipinski definition) is 6. The predicted octanol–water partition coefficient (Wildman–Crippen LogP) is 0.806. The summed E-state index contributed by atoms with van der Waals surface area (Å²) in [6.07, 6.45) is 3.89. The summed E-state index contributed by atoms with van der Waals surface area (Å²) in [5.41, 5.74) is 0. The van der Waals surface area contributed by atoms with Gasteiger partial charge < -0.3 is 5.32 Å². The van der Waals surface area contributed by atoms with Crippen molar-refractivity contribution in [1.82, 2.24) is 24.9 Å². The van der Waals surface area contributed by atoms with Gasteiger partial charge in [-0.3, -0.25) is 5.10 Å². The van der Waals surface area contributed by atoms with Gasteiger partial charge in [-0.2, -0.15) is 5.10 Å². The highest BCUT2D eigenvalue weighted by Crippen LogP contribution is 2.21. The van der Waals surface area contributed by atoms with Gasteiger partial charge in [-0.05, 0) is 12.5 Å². The van der Waals surface area contributed by atoms with Gasteiger partial charge in [-0.1, -0.05) is 11.6 Å². The van der Waals surface area contributed by atoms with Crippen LogP contribution in [0.5, 0.6) is 0 Å². The Morgan fingerprint density at radius 2 is 2.19 bits per heavy atom. The van der Waals surface area contributed by atoms with E-state index in [2.05, 4.69) is 30.2 Å². The van der Waals surface area contributed by atoms with E-state index in [0.717, 1.165) is 5.82 Å². The molecule has 0 bridgehead atoms. The van der Waals surface area contributed by atoms with E-state index in [-0.39, 0.29) is 16.5 Å². The Kier molecular flexibility index (Phi) is 5.10. The van der Waals surface area contributed by atoms with E-state index < -0.39 is 10.0 Å². The largest absolute Gasteiger partial charge is 0.372 e. The van der Waals surface area contributed by atoms with Gasteiger partial charge >= 0.3 is 0 Å². The summed E-state index contributed by atoms with van der Waals surface area (Å²) in [5.74, 6) is 1.15. The topological polar surface area (TPSA) is 113 Å². The van der Waals surface area contributed by atoms with Crippen molar-refractivity contribution in [2.45, 2.75) is 17.7 Å². The van der Waals surface area contributed by atoms with E-state index in [1.807, 2.05) is 0 Å². The molecule has 8 nitrogen and oxygen atoms in total. The maximum absolute atomic E-state index is 12.1. The summed E-state index contributed by atoms with van der Waals surface area (Å²) < 4.78 is 26.7. The van der Waals surface area contributed by atoms with E-state index in [0.29, 0.717) is 18.7 Å². The number of aromatic nitrogens is 4. The number of anilines is 1. The lowest BCUT2D eigenvalue weighted by Crippen LogP contribution is -2.25. The number of aryl methyl sites for hydroxylation is 1. The van der Waals surface area contributed by atoms with Crippen molar-refractivity contribution in [2.75, 3.05) is 18.9 Å². The zero-order valence-electron chi connectivity index (χ0n) is 11.3. The third-order valence-corrected chi connectivity index (χ3v) is 4.43. The Balaban J connectivity index is 1.93. The average Bonchev–Trinajstić information content (AvgIpc) is 2.97. The van der Waals surface area contributed by atoms with Crippen molar-refractivity contribution < 1.29 is 8.42 Å². The lowest BCUT2D eigenvalue weighted by molar-refractivity contribution is 0.578. The van der Waals surface area contributed by atoms with Crippen LogP contribution in [0.4, 0.5) is 5.82 Å². The molecular formula is C11H15ClN6O2S. The van der Waals surface area contributed by atoms with Crippen molar-refractivity contribution in [3.05, 3.63) is 29.4 Å². The van der Waals surface area contributed by atoms with Crippen LogP contribution in [0.25, 0.3) is 0 Å². The molecule has 0 fully saturated rings. The number of nitrogens with zero attached hydrogens (tertiary/aromatic N) is 3. The summed E-state index contributed by atoms with van der Waals surface area (Å²) in [5, 5.41) is 9.45. The first-order valence-electron chi connectivity index (χ1n) is 6.20. The van der Waals surface area contributed by atoms with Crippen LogP contribution in [0.3, 0.4) is 0 Å². The summed E-state index contributed by atoms with van der Waals surface area (Å²) in [6.45, 7) is 0.286. The van der Waals surface area contributed by atoms with Gasteiger partial charge in [0.05, 0.1) is 5.02 Å². The predicted molar refractivity (Wildman–Crippen MR) is 78.7 cm³/mol. The molecule has 0 amide bonds. The van der Waals surface area contributed by atoms with Gasteiger partial charge in [0.25, 0.3) is 0 Å². The molecular weight excluding hydrogens is 316 g/mol. The van der Waals surface area contributed by atoms with Gasteiger partial charge in [0.15, 0.2) is 0 Å². The minimum Gasteiger partial charge on any atom is -0.372 e. The van der Waals surface area contributed by atoms with Crippen LogP contribution in [0.2, 0.25) is 5.02 Å². The fourth-order valence-electron chi connectivity index (χ4n) is 1.65. The molecule has 0 saturated carbocycles. The smallest absolute Gasteiger partial charge is 0.242 e. The highest BCUT2D eigenvalue weighted by Gasteiger charge is 2.15. The summed E-state index contributed by atoms with van der Waals surface area (Å²) in [4.78, 5) is 7.94. The first-order chi connectivity index (χ1) is 10.0. The number of pyridine rings is 1. The second-order valence-electron chi connectivity index (χ2n) is 4.18. The monoisotopic (exact) mass is 330 g/mol. The maximum atomic E-state index is 12.1. The third-order valence-electron chi connectivity index (χ3n) is 2.71. The summed E-state index contributed by atoms with van der Waals surface area (Å²) in [7, 11) is -1.96. The van der Waals surface area contributed by atoms with Crippen molar-refractivity contribution in [2.24, 2.45) is 0 Å². The quantitative estimate of drug-likeness (QED) is 0.647. The number of nitrogens with one attached hydrogen (secondary N) is 3. The van der Waals surface area contributed by atoms with Crippen molar-refractivity contribution in [3.63, 3.8) is 0 Å². The standard InChI is InChI=1S/C11H15ClN6O2S/c1-13-11-9(12)5-8(6-14-11)21(19,20)17-4-2-3-10-15-7-16-18-10/h5-7,17H,2-4H2,1H3,(H,13,14)(H,15,16,18). The molecule has 2 aromatic heterocycles. The molecule has 0 aliphatic heterocycles. The fraction of sp³-hybridized carbons (Fsp3) is 0.364. The van der Waals surface area contributed by atoms with Crippen LogP contribution in [-0.4, -0.2) is 42.2 Å². The molecule has 0 aliphatic carbocycles. The van der Waals surface area contributed by atoms with E-state index >= 15 is 0 Å². The Morgan fingerprint density at radius 1 is 1.38 bits per heavy atom. The maximum Gasteiger partial charge on any atom is 0.242 e. The third kappa shape index (κ3) is 4.13. The van der Waals surface area contributed by atoms with E-state index in [1.54, 1.807) is 7.05 Å². The van der Waals surface area contributed by atoms with E-state index in [1.165, 1.54) is 18.6 Å². The highest BCUT2D eigenvalue weighted by atomic mass is 35.5. The molecule has 0 aliphatic rings. The number of rotatable bonds is 7. The van der Waals surface area contributed by atoms with Crippen LogP contribution in [0.1, 0.15) is 12.2 Å². The van der Waals surface area contributed by atoms with Gasteiger partial charge in [-0.15, -0.1) is 0 Å². The van der Waals surface area contributed by atoms with Crippen LogP contribution < -0.4 is 10.0 Å². The van der Waals surface area contributed by atoms with E-state index in [9.17, 15) is 8.42 Å². The first kappa shape index (κ1) is 15.7. The lowest BCUT2D eigenvalue weighted by Gasteiger charge is -2.08. The fourth-order valence-corrected chi connectivity index (χ4v) is 3.02. The molecule has 0 saturated heterocycles. The molecule has 10 heteroatoms. The molecule has 3 N–H and O–H groups in total. The molecule has 2 heterocycles. The van der Waals surface area contributed by atoms with Crippen LogP contribution in [0.15, 0.2) is 23.5 Å². The molecule has 0 atom stereocenters. The molecule has 0 aromatic carbocycles. The first-order valence-corrected chi connectivity index (χ1v) is 8.06. The lowest BCUT2D eigenvalue weighted by atomic mass is 10.3. The van der Waals surface area contributed by atoms with Crippen molar-refractivity contribution in [1.29, 1.82) is 0 Å². The Morgan fingerprint density at radius 3 is 2.81 bits per heavy atom. The van der Waals surface area contributed by atoms with Gasteiger partial charge in [-0.25, -0.2) is 23.1 Å². The van der Waals surface area contributed by atoms with Gasteiger partial charge in [0.2, 0.25) is 10.0 Å². The van der Waals surface area contributed by atoms with Crippen LogP contribution >= 0.6 is 11.6 Å². The number of hydrogen-bond donors (Lipinski definition) is 3. The summed E-state index contributed by atoms with van der Waals surface area (Å²) in [6, 6.07) is 1.36.